The van der Waals surface area contributed by atoms with Crippen LogP contribution in [0.1, 0.15) is 59.8 Å². The van der Waals surface area contributed by atoms with Crippen molar-refractivity contribution in [1.82, 2.24) is 0 Å². The second-order valence-electron chi connectivity index (χ2n) is 9.72. The van der Waals surface area contributed by atoms with E-state index in [9.17, 15) is 18.4 Å². The van der Waals surface area contributed by atoms with Gasteiger partial charge in [-0.05, 0) is 70.6 Å². The van der Waals surface area contributed by atoms with Gasteiger partial charge in [0.15, 0.2) is 6.61 Å². The lowest BCUT2D eigenvalue weighted by Crippen LogP contribution is -2.59. The van der Waals surface area contributed by atoms with Crippen LogP contribution in [0, 0.1) is 17.8 Å². The zero-order valence-corrected chi connectivity index (χ0v) is 17.0. The summed E-state index contributed by atoms with van der Waals surface area (Å²) < 4.78 is 47.1. The van der Waals surface area contributed by atoms with Crippen molar-refractivity contribution >= 4 is 12.1 Å². The quantitative estimate of drug-likeness (QED) is 0.621. The number of carbonyl (C=O) groups is 2. The number of hydrogen-bond donors (Lipinski definition) is 0. The van der Waals surface area contributed by atoms with Crippen LogP contribution in [0.3, 0.4) is 0 Å². The fourth-order valence-corrected chi connectivity index (χ4v) is 5.19. The number of halogens is 2. The van der Waals surface area contributed by atoms with Crippen LogP contribution in [0.4, 0.5) is 13.6 Å². The molecular weight excluding hydrogens is 374 g/mol. The molecule has 8 heteroatoms. The summed E-state index contributed by atoms with van der Waals surface area (Å²) in [6, 6.07) is 0. The number of carbonyl (C=O) groups excluding carboxylic acids is 2. The third-order valence-electron chi connectivity index (χ3n) is 5.72. The minimum absolute atomic E-state index is 0.0947. The molecule has 2 atom stereocenters. The van der Waals surface area contributed by atoms with Gasteiger partial charge in [-0.15, -0.1) is 0 Å². The van der Waals surface area contributed by atoms with Crippen molar-refractivity contribution < 1.29 is 37.3 Å². The Morgan fingerprint density at radius 2 is 1.64 bits per heavy atom. The minimum Gasteiger partial charge on any atom is -0.458 e. The largest absolute Gasteiger partial charge is 0.508 e. The minimum atomic E-state index is -3.08. The van der Waals surface area contributed by atoms with Crippen LogP contribution < -0.4 is 0 Å². The third kappa shape index (κ3) is 5.33. The zero-order chi connectivity index (χ0) is 20.7. The van der Waals surface area contributed by atoms with Crippen molar-refractivity contribution in [2.75, 3.05) is 13.2 Å². The standard InChI is InChI=1S/C20H30F2O6/c1-18(2,3)28-15(23)10-26-20-7-12-5-13(8-20)16(14(6-12)9-20)27-17(24)25-11-19(4,21)22/h12-14,16H,5-11H2,1-4H3. The van der Waals surface area contributed by atoms with Crippen LogP contribution in [-0.2, 0) is 23.7 Å². The molecule has 0 aromatic heterocycles. The number of ether oxygens (including phenoxy) is 4. The van der Waals surface area contributed by atoms with Crippen LogP contribution in [-0.4, -0.2) is 48.6 Å². The van der Waals surface area contributed by atoms with Crippen LogP contribution >= 0.6 is 0 Å². The molecule has 2 unspecified atom stereocenters. The van der Waals surface area contributed by atoms with Crippen LogP contribution in [0.15, 0.2) is 0 Å². The summed E-state index contributed by atoms with van der Waals surface area (Å²) in [6.45, 7) is 5.04. The molecule has 6 nitrogen and oxygen atoms in total. The summed E-state index contributed by atoms with van der Waals surface area (Å²) in [4.78, 5) is 23.9. The van der Waals surface area contributed by atoms with Gasteiger partial charge >= 0.3 is 12.1 Å². The van der Waals surface area contributed by atoms with E-state index in [2.05, 4.69) is 4.74 Å². The van der Waals surface area contributed by atoms with Crippen molar-refractivity contribution in [3.05, 3.63) is 0 Å². The van der Waals surface area contributed by atoms with E-state index in [0.717, 1.165) is 19.3 Å². The highest BCUT2D eigenvalue weighted by Crippen LogP contribution is 2.58. The van der Waals surface area contributed by atoms with Gasteiger partial charge in [-0.3, -0.25) is 0 Å². The van der Waals surface area contributed by atoms with E-state index >= 15 is 0 Å². The van der Waals surface area contributed by atoms with Crippen LogP contribution in [0.2, 0.25) is 0 Å². The Bertz CT molecular complexity index is 593. The number of hydrogen-bond acceptors (Lipinski definition) is 6. The molecule has 160 valence electrons. The van der Waals surface area contributed by atoms with Gasteiger partial charge in [0.1, 0.15) is 18.3 Å². The first-order valence-corrected chi connectivity index (χ1v) is 9.91. The van der Waals surface area contributed by atoms with Crippen molar-refractivity contribution in [2.24, 2.45) is 17.8 Å². The molecule has 0 aromatic rings. The van der Waals surface area contributed by atoms with E-state index in [1.807, 2.05) is 20.8 Å². The Balaban J connectivity index is 1.55. The normalized spacial score (nSPS) is 34.2. The van der Waals surface area contributed by atoms with Gasteiger partial charge in [-0.25, -0.2) is 18.4 Å². The Morgan fingerprint density at radius 3 is 2.18 bits per heavy atom. The second kappa shape index (κ2) is 7.43. The van der Waals surface area contributed by atoms with Gasteiger partial charge in [-0.2, -0.15) is 0 Å². The molecule has 0 heterocycles. The molecule has 4 fully saturated rings. The highest BCUT2D eigenvalue weighted by atomic mass is 19.3. The lowest BCUT2D eigenvalue weighted by molar-refractivity contribution is -0.212. The highest BCUT2D eigenvalue weighted by molar-refractivity contribution is 5.71. The van der Waals surface area contributed by atoms with Gasteiger partial charge in [0.25, 0.3) is 5.92 Å². The maximum absolute atomic E-state index is 12.9. The van der Waals surface area contributed by atoms with Crippen molar-refractivity contribution in [3.8, 4) is 0 Å². The van der Waals surface area contributed by atoms with E-state index in [-0.39, 0.29) is 30.5 Å². The number of esters is 1. The number of alkyl halides is 2. The smallest absolute Gasteiger partial charge is 0.458 e. The fraction of sp³-hybridized carbons (Fsp3) is 0.900. The molecule has 0 aliphatic heterocycles. The monoisotopic (exact) mass is 404 g/mol. The van der Waals surface area contributed by atoms with Crippen molar-refractivity contribution in [3.63, 3.8) is 0 Å². The lowest BCUT2D eigenvalue weighted by Gasteiger charge is -2.58. The zero-order valence-electron chi connectivity index (χ0n) is 17.0. The summed E-state index contributed by atoms with van der Waals surface area (Å²) in [5.74, 6) is -2.81. The van der Waals surface area contributed by atoms with Crippen molar-refractivity contribution in [1.29, 1.82) is 0 Å². The Morgan fingerprint density at radius 1 is 1.04 bits per heavy atom. The SMILES string of the molecule is CC(F)(F)COC(=O)OC1C2CC3CC1CC(OCC(=O)OC(C)(C)C)(C3)C2. The summed E-state index contributed by atoms with van der Waals surface area (Å²) in [7, 11) is 0. The molecular formula is C20H30F2O6. The Hall–Kier alpha value is -1.44. The van der Waals surface area contributed by atoms with Gasteiger partial charge in [0, 0.05) is 6.92 Å². The molecule has 0 radical (unpaired) electrons. The molecule has 4 bridgehead atoms. The molecule has 4 rings (SSSR count). The van der Waals surface area contributed by atoms with Crippen molar-refractivity contribution in [2.45, 2.75) is 83.0 Å². The molecule has 0 N–H and O–H groups in total. The van der Waals surface area contributed by atoms with Crippen LogP contribution in [0.25, 0.3) is 0 Å². The molecule has 4 saturated carbocycles. The van der Waals surface area contributed by atoms with E-state index < -0.39 is 29.9 Å². The first-order chi connectivity index (χ1) is 12.8. The average Bonchev–Trinajstić information content (AvgIpc) is 2.52. The molecule has 28 heavy (non-hydrogen) atoms. The molecule has 4 aliphatic carbocycles. The van der Waals surface area contributed by atoms with Gasteiger partial charge < -0.3 is 18.9 Å². The first kappa shape index (κ1) is 21.3. The third-order valence-corrected chi connectivity index (χ3v) is 5.72. The maximum Gasteiger partial charge on any atom is 0.508 e. The van der Waals surface area contributed by atoms with E-state index in [1.54, 1.807) is 0 Å². The average molecular weight is 404 g/mol. The maximum atomic E-state index is 12.9. The predicted octanol–water partition coefficient (Wildman–Crippen LogP) is 4.10. The summed E-state index contributed by atoms with van der Waals surface area (Å²) in [5.41, 5.74) is -0.954. The van der Waals surface area contributed by atoms with Crippen LogP contribution in [0.5, 0.6) is 0 Å². The Labute approximate surface area is 164 Å². The first-order valence-electron chi connectivity index (χ1n) is 9.91. The molecule has 4 aliphatic rings. The molecule has 0 spiro atoms. The Kier molecular flexibility index (Phi) is 5.64. The van der Waals surface area contributed by atoms with Gasteiger partial charge in [0.05, 0.1) is 5.60 Å². The molecule has 0 amide bonds. The second-order valence-corrected chi connectivity index (χ2v) is 9.72. The lowest BCUT2D eigenvalue weighted by atomic mass is 9.53. The predicted molar refractivity (Wildman–Crippen MR) is 94.9 cm³/mol. The summed E-state index contributed by atoms with van der Waals surface area (Å²) in [6.07, 6.45) is 2.71. The fourth-order valence-electron chi connectivity index (χ4n) is 5.19. The molecule has 0 saturated heterocycles. The van der Waals surface area contributed by atoms with Gasteiger partial charge in [-0.1, -0.05) is 0 Å². The summed E-state index contributed by atoms with van der Waals surface area (Å²) >= 11 is 0. The highest BCUT2D eigenvalue weighted by Gasteiger charge is 2.57. The topological polar surface area (TPSA) is 71.1 Å². The van der Waals surface area contributed by atoms with E-state index in [1.165, 1.54) is 0 Å². The summed E-state index contributed by atoms with van der Waals surface area (Å²) in [5, 5.41) is 0. The van der Waals surface area contributed by atoms with E-state index in [0.29, 0.717) is 25.7 Å². The van der Waals surface area contributed by atoms with E-state index in [4.69, 9.17) is 14.2 Å². The number of rotatable bonds is 6. The molecule has 0 aromatic carbocycles. The van der Waals surface area contributed by atoms with Gasteiger partial charge in [0.2, 0.25) is 0 Å².